The van der Waals surface area contributed by atoms with Crippen molar-refractivity contribution in [1.29, 1.82) is 5.26 Å². The van der Waals surface area contributed by atoms with E-state index in [-0.39, 0.29) is 0 Å². The lowest BCUT2D eigenvalue weighted by atomic mass is 10.1. The van der Waals surface area contributed by atoms with Crippen LogP contribution < -0.4 is 5.32 Å². The maximum Gasteiger partial charge on any atom is 0.101 e. The first-order chi connectivity index (χ1) is 9.10. The lowest BCUT2D eigenvalue weighted by molar-refractivity contribution is 1.14. The third-order valence-electron chi connectivity index (χ3n) is 2.78. The van der Waals surface area contributed by atoms with E-state index in [1.54, 1.807) is 12.1 Å². The average Bonchev–Trinajstić information content (AvgIpc) is 2.38. The van der Waals surface area contributed by atoms with Crippen molar-refractivity contribution in [3.8, 4) is 6.07 Å². The molecule has 0 spiro atoms. The van der Waals surface area contributed by atoms with Crippen molar-refractivity contribution in [2.45, 2.75) is 13.5 Å². The summed E-state index contributed by atoms with van der Waals surface area (Å²) in [6.45, 7) is 2.62. The fraction of sp³-hybridized carbons (Fsp3) is 0.133. The quantitative estimate of drug-likeness (QED) is 0.882. The zero-order valence-corrected chi connectivity index (χ0v) is 11.9. The summed E-state index contributed by atoms with van der Waals surface area (Å²) >= 11 is 12.1. The first-order valence-corrected chi connectivity index (χ1v) is 6.54. The van der Waals surface area contributed by atoms with Gasteiger partial charge in [0, 0.05) is 17.3 Å². The smallest absolute Gasteiger partial charge is 0.101 e. The summed E-state index contributed by atoms with van der Waals surface area (Å²) in [6.07, 6.45) is 0. The Morgan fingerprint density at radius 3 is 2.53 bits per heavy atom. The zero-order valence-electron chi connectivity index (χ0n) is 10.4. The van der Waals surface area contributed by atoms with Gasteiger partial charge in [0.05, 0.1) is 10.6 Å². The minimum atomic E-state index is 0.447. The van der Waals surface area contributed by atoms with Crippen LogP contribution in [0.2, 0.25) is 10.0 Å². The second-order valence-electron chi connectivity index (χ2n) is 4.25. The molecule has 2 aromatic rings. The van der Waals surface area contributed by atoms with Crippen LogP contribution in [-0.2, 0) is 6.54 Å². The molecule has 1 N–H and O–H groups in total. The van der Waals surface area contributed by atoms with Crippen LogP contribution >= 0.6 is 23.2 Å². The van der Waals surface area contributed by atoms with Crippen LogP contribution in [0.5, 0.6) is 0 Å². The summed E-state index contributed by atoms with van der Waals surface area (Å²) in [5, 5.41) is 13.2. The Bertz CT molecular complexity index is 645. The van der Waals surface area contributed by atoms with E-state index in [1.165, 1.54) is 0 Å². The van der Waals surface area contributed by atoms with E-state index in [0.717, 1.165) is 21.8 Å². The molecule has 0 aromatic heterocycles. The maximum absolute atomic E-state index is 8.81. The largest absolute Gasteiger partial charge is 0.381 e. The van der Waals surface area contributed by atoms with Gasteiger partial charge in [-0.1, -0.05) is 35.3 Å². The number of anilines is 1. The van der Waals surface area contributed by atoms with Gasteiger partial charge in [0.25, 0.3) is 0 Å². The van der Waals surface area contributed by atoms with E-state index >= 15 is 0 Å². The molecule has 0 unspecified atom stereocenters. The maximum atomic E-state index is 8.81. The van der Waals surface area contributed by atoms with E-state index in [0.29, 0.717) is 17.1 Å². The van der Waals surface area contributed by atoms with Crippen LogP contribution in [0, 0.1) is 18.3 Å². The Morgan fingerprint density at radius 2 is 1.89 bits per heavy atom. The molecule has 0 aliphatic carbocycles. The Hall–Kier alpha value is -1.69. The lowest BCUT2D eigenvalue weighted by Crippen LogP contribution is -2.00. The van der Waals surface area contributed by atoms with Gasteiger partial charge in [-0.3, -0.25) is 0 Å². The summed E-state index contributed by atoms with van der Waals surface area (Å²) in [4.78, 5) is 0. The van der Waals surface area contributed by atoms with Crippen molar-refractivity contribution in [3.63, 3.8) is 0 Å². The van der Waals surface area contributed by atoms with E-state index in [9.17, 15) is 0 Å². The Labute approximate surface area is 122 Å². The Morgan fingerprint density at radius 1 is 1.11 bits per heavy atom. The number of rotatable bonds is 3. The third-order valence-corrected chi connectivity index (χ3v) is 3.45. The Balaban J connectivity index is 2.10. The minimum Gasteiger partial charge on any atom is -0.381 e. The summed E-state index contributed by atoms with van der Waals surface area (Å²) in [6, 6.07) is 13.2. The number of nitriles is 1. The van der Waals surface area contributed by atoms with Gasteiger partial charge in [-0.05, 0) is 42.3 Å². The second-order valence-corrected chi connectivity index (χ2v) is 5.07. The fourth-order valence-corrected chi connectivity index (χ4v) is 2.23. The van der Waals surface area contributed by atoms with Crippen molar-refractivity contribution >= 4 is 28.9 Å². The number of nitrogens with zero attached hydrogens (tertiary/aromatic N) is 1. The minimum absolute atomic E-state index is 0.447. The molecule has 2 rings (SSSR count). The molecule has 0 bridgehead atoms. The topological polar surface area (TPSA) is 35.8 Å². The highest BCUT2D eigenvalue weighted by Crippen LogP contribution is 2.22. The number of nitrogens with one attached hydrogen (secondary N) is 1. The SMILES string of the molecule is Cc1ccc(CNc2ccc(C#N)c(Cl)c2)c(Cl)c1. The molecular weight excluding hydrogens is 279 g/mol. The number of benzene rings is 2. The van der Waals surface area contributed by atoms with Crippen molar-refractivity contribution < 1.29 is 0 Å². The molecule has 0 radical (unpaired) electrons. The highest BCUT2D eigenvalue weighted by Gasteiger charge is 2.03. The number of hydrogen-bond donors (Lipinski definition) is 1. The van der Waals surface area contributed by atoms with Gasteiger partial charge in [-0.25, -0.2) is 0 Å². The molecule has 96 valence electrons. The monoisotopic (exact) mass is 290 g/mol. The number of halogens is 2. The number of aryl methyl sites for hydroxylation is 1. The molecule has 0 aliphatic heterocycles. The van der Waals surface area contributed by atoms with Crippen LogP contribution in [0.3, 0.4) is 0 Å². The molecule has 2 aromatic carbocycles. The van der Waals surface area contributed by atoms with Crippen LogP contribution in [0.25, 0.3) is 0 Å². The summed E-state index contributed by atoms with van der Waals surface area (Å²) in [7, 11) is 0. The molecule has 0 atom stereocenters. The molecule has 19 heavy (non-hydrogen) atoms. The average molecular weight is 291 g/mol. The molecule has 0 saturated heterocycles. The summed E-state index contributed by atoms with van der Waals surface area (Å²) in [5.74, 6) is 0. The highest BCUT2D eigenvalue weighted by atomic mass is 35.5. The van der Waals surface area contributed by atoms with Gasteiger partial charge in [-0.15, -0.1) is 0 Å². The van der Waals surface area contributed by atoms with Crippen LogP contribution in [0.15, 0.2) is 36.4 Å². The van der Waals surface area contributed by atoms with Crippen LogP contribution in [0.1, 0.15) is 16.7 Å². The van der Waals surface area contributed by atoms with E-state index in [4.69, 9.17) is 28.5 Å². The lowest BCUT2D eigenvalue weighted by Gasteiger charge is -2.09. The van der Waals surface area contributed by atoms with Crippen molar-refractivity contribution in [2.75, 3.05) is 5.32 Å². The third kappa shape index (κ3) is 3.41. The molecular formula is C15H12Cl2N2. The second kappa shape index (κ2) is 5.97. The number of hydrogen-bond acceptors (Lipinski definition) is 2. The summed E-state index contributed by atoms with van der Waals surface area (Å²) < 4.78 is 0. The molecule has 0 fully saturated rings. The van der Waals surface area contributed by atoms with Crippen molar-refractivity contribution in [3.05, 3.63) is 63.1 Å². The standard InChI is InChI=1S/C15H12Cl2N2/c1-10-2-3-12(14(16)6-10)9-19-13-5-4-11(8-18)15(17)7-13/h2-7,19H,9H2,1H3. The van der Waals surface area contributed by atoms with Gasteiger partial charge in [0.1, 0.15) is 6.07 Å². The highest BCUT2D eigenvalue weighted by molar-refractivity contribution is 6.32. The predicted octanol–water partition coefficient (Wildman–Crippen LogP) is 4.79. The van der Waals surface area contributed by atoms with E-state index in [1.807, 2.05) is 37.3 Å². The molecule has 0 saturated carbocycles. The van der Waals surface area contributed by atoms with Gasteiger partial charge < -0.3 is 5.32 Å². The predicted molar refractivity (Wildman–Crippen MR) is 79.7 cm³/mol. The van der Waals surface area contributed by atoms with E-state index < -0.39 is 0 Å². The van der Waals surface area contributed by atoms with Gasteiger partial charge in [0.15, 0.2) is 0 Å². The van der Waals surface area contributed by atoms with E-state index in [2.05, 4.69) is 5.32 Å². The van der Waals surface area contributed by atoms with Crippen LogP contribution in [0.4, 0.5) is 5.69 Å². The first-order valence-electron chi connectivity index (χ1n) is 5.78. The normalized spacial score (nSPS) is 10.0. The molecule has 0 aliphatic rings. The molecule has 0 heterocycles. The Kier molecular flexibility index (Phi) is 4.31. The fourth-order valence-electron chi connectivity index (χ4n) is 1.71. The van der Waals surface area contributed by atoms with Gasteiger partial charge >= 0.3 is 0 Å². The molecule has 0 amide bonds. The van der Waals surface area contributed by atoms with Crippen molar-refractivity contribution in [2.24, 2.45) is 0 Å². The van der Waals surface area contributed by atoms with Crippen LogP contribution in [-0.4, -0.2) is 0 Å². The zero-order chi connectivity index (χ0) is 13.8. The molecule has 2 nitrogen and oxygen atoms in total. The van der Waals surface area contributed by atoms with Gasteiger partial charge in [-0.2, -0.15) is 5.26 Å². The van der Waals surface area contributed by atoms with Gasteiger partial charge in [0.2, 0.25) is 0 Å². The summed E-state index contributed by atoms with van der Waals surface area (Å²) in [5.41, 5.74) is 3.49. The van der Waals surface area contributed by atoms with Crippen molar-refractivity contribution in [1.82, 2.24) is 0 Å². The molecule has 4 heteroatoms. The first kappa shape index (κ1) is 13.7.